The van der Waals surface area contributed by atoms with Gasteiger partial charge in [0, 0.05) is 12.2 Å². The van der Waals surface area contributed by atoms with Crippen LogP contribution in [0.25, 0.3) is 0 Å². The molecule has 0 saturated carbocycles. The van der Waals surface area contributed by atoms with Crippen molar-refractivity contribution in [2.45, 2.75) is 13.0 Å². The first-order valence-electron chi connectivity index (χ1n) is 9.22. The average molecular weight is 398 g/mol. The summed E-state index contributed by atoms with van der Waals surface area (Å²) in [6.45, 7) is 2.11. The maximum Gasteiger partial charge on any atom is 0.321 e. The van der Waals surface area contributed by atoms with Gasteiger partial charge in [-0.1, -0.05) is 30.3 Å². The maximum atomic E-state index is 12.7. The average Bonchev–Trinajstić information content (AvgIpc) is 2.69. The van der Waals surface area contributed by atoms with Crippen LogP contribution in [0.5, 0.6) is 5.75 Å². The molecule has 0 aliphatic heterocycles. The Kier molecular flexibility index (Phi) is 8.17. The quantitative estimate of drug-likeness (QED) is 0.633. The van der Waals surface area contributed by atoms with Gasteiger partial charge in [0.25, 0.3) is 0 Å². The van der Waals surface area contributed by atoms with E-state index < -0.39 is 18.0 Å². The van der Waals surface area contributed by atoms with Crippen LogP contribution in [0, 0.1) is 0 Å². The molecule has 0 bridgehead atoms. The summed E-state index contributed by atoms with van der Waals surface area (Å²) >= 11 is 0. The van der Waals surface area contributed by atoms with Crippen LogP contribution in [-0.4, -0.2) is 50.0 Å². The number of ether oxygens (including phenoxy) is 1. The van der Waals surface area contributed by atoms with E-state index in [9.17, 15) is 14.4 Å². The van der Waals surface area contributed by atoms with E-state index in [4.69, 9.17) is 4.74 Å². The molecule has 0 aliphatic rings. The lowest BCUT2D eigenvalue weighted by molar-refractivity contribution is -0.126. The molecule has 4 amide bonds. The number of carbonyl (C=O) groups is 3. The molecule has 0 heterocycles. The highest BCUT2D eigenvalue weighted by Gasteiger charge is 2.27. The van der Waals surface area contributed by atoms with E-state index >= 15 is 0 Å². The van der Waals surface area contributed by atoms with Crippen molar-refractivity contribution >= 4 is 23.5 Å². The second-order valence-corrected chi connectivity index (χ2v) is 6.35. The Morgan fingerprint density at radius 3 is 2.28 bits per heavy atom. The lowest BCUT2D eigenvalue weighted by Gasteiger charge is -2.26. The maximum absolute atomic E-state index is 12.7. The van der Waals surface area contributed by atoms with Gasteiger partial charge < -0.3 is 15.4 Å². The van der Waals surface area contributed by atoms with Crippen molar-refractivity contribution in [3.8, 4) is 5.75 Å². The van der Waals surface area contributed by atoms with Crippen LogP contribution in [0.1, 0.15) is 18.5 Å². The Bertz CT molecular complexity index is 824. The molecule has 154 valence electrons. The van der Waals surface area contributed by atoms with E-state index in [1.807, 2.05) is 6.07 Å². The minimum atomic E-state index is -0.805. The van der Waals surface area contributed by atoms with Crippen molar-refractivity contribution in [1.29, 1.82) is 0 Å². The Labute approximate surface area is 170 Å². The number of hydrogen-bond acceptors (Lipinski definition) is 5. The van der Waals surface area contributed by atoms with Gasteiger partial charge in [0.1, 0.15) is 11.8 Å². The highest BCUT2D eigenvalue weighted by atomic mass is 16.5. The first-order chi connectivity index (χ1) is 13.9. The standard InChI is InChI=1S/C21H26N4O4/c1-4-22-21(28)24-20(27)19(15-8-6-5-7-9-15)25(2)14-18(26)23-16-10-12-17(29-3)13-11-16/h5-13,19H,4,14H2,1-3H3,(H,23,26)(H2,22,24,27,28)/t19-/m1/s1. The summed E-state index contributed by atoms with van der Waals surface area (Å²) in [7, 11) is 3.22. The molecule has 0 fully saturated rings. The van der Waals surface area contributed by atoms with Crippen molar-refractivity contribution in [1.82, 2.24) is 15.5 Å². The monoisotopic (exact) mass is 398 g/mol. The molecule has 0 spiro atoms. The highest BCUT2D eigenvalue weighted by molar-refractivity contribution is 5.98. The van der Waals surface area contributed by atoms with E-state index in [1.54, 1.807) is 74.5 Å². The Morgan fingerprint density at radius 2 is 1.69 bits per heavy atom. The smallest absolute Gasteiger partial charge is 0.321 e. The summed E-state index contributed by atoms with van der Waals surface area (Å²) in [4.78, 5) is 38.5. The van der Waals surface area contributed by atoms with E-state index in [0.29, 0.717) is 23.5 Å². The van der Waals surface area contributed by atoms with E-state index in [2.05, 4.69) is 16.0 Å². The van der Waals surface area contributed by atoms with Crippen LogP contribution < -0.4 is 20.7 Å². The third-order valence-corrected chi connectivity index (χ3v) is 4.15. The molecular formula is C21H26N4O4. The van der Waals surface area contributed by atoms with Gasteiger partial charge >= 0.3 is 6.03 Å². The lowest BCUT2D eigenvalue weighted by Crippen LogP contribution is -2.46. The summed E-state index contributed by atoms with van der Waals surface area (Å²) < 4.78 is 5.10. The summed E-state index contributed by atoms with van der Waals surface area (Å²) in [5.74, 6) is -0.113. The molecule has 0 saturated heterocycles. The van der Waals surface area contributed by atoms with Crippen LogP contribution in [0.2, 0.25) is 0 Å². The topological polar surface area (TPSA) is 99.8 Å². The molecule has 0 radical (unpaired) electrons. The minimum absolute atomic E-state index is 0.0472. The highest BCUT2D eigenvalue weighted by Crippen LogP contribution is 2.20. The molecule has 8 heteroatoms. The van der Waals surface area contributed by atoms with E-state index in [-0.39, 0.29) is 12.5 Å². The molecule has 8 nitrogen and oxygen atoms in total. The first kappa shape index (κ1) is 21.9. The summed E-state index contributed by atoms with van der Waals surface area (Å²) in [5, 5.41) is 7.63. The predicted molar refractivity (Wildman–Crippen MR) is 111 cm³/mol. The molecule has 0 aliphatic carbocycles. The SMILES string of the molecule is CCNC(=O)NC(=O)[C@@H](c1ccccc1)N(C)CC(=O)Nc1ccc(OC)cc1. The Morgan fingerprint density at radius 1 is 1.03 bits per heavy atom. The zero-order valence-corrected chi connectivity index (χ0v) is 16.8. The number of likely N-dealkylation sites (N-methyl/N-ethyl adjacent to an activating group) is 1. The van der Waals surface area contributed by atoms with Crippen molar-refractivity contribution < 1.29 is 19.1 Å². The van der Waals surface area contributed by atoms with Crippen molar-refractivity contribution in [2.75, 3.05) is 32.6 Å². The number of nitrogens with one attached hydrogen (secondary N) is 3. The number of imide groups is 1. The largest absolute Gasteiger partial charge is 0.497 e. The molecule has 0 aromatic heterocycles. The molecule has 2 aromatic rings. The summed E-state index contributed by atoms with van der Waals surface area (Å²) in [5.41, 5.74) is 1.29. The zero-order chi connectivity index (χ0) is 21.2. The minimum Gasteiger partial charge on any atom is -0.497 e. The van der Waals surface area contributed by atoms with Gasteiger partial charge in [0.05, 0.1) is 13.7 Å². The van der Waals surface area contributed by atoms with Gasteiger partial charge in [-0.3, -0.25) is 19.8 Å². The Balaban J connectivity index is 2.09. The number of amides is 4. The van der Waals surface area contributed by atoms with E-state index in [0.717, 1.165) is 0 Å². The van der Waals surface area contributed by atoms with Crippen LogP contribution in [0.15, 0.2) is 54.6 Å². The van der Waals surface area contributed by atoms with Gasteiger partial charge in [0.2, 0.25) is 11.8 Å². The zero-order valence-electron chi connectivity index (χ0n) is 16.8. The molecule has 1 atom stereocenters. The molecular weight excluding hydrogens is 372 g/mol. The molecule has 2 rings (SSSR count). The number of hydrogen-bond donors (Lipinski definition) is 3. The second-order valence-electron chi connectivity index (χ2n) is 6.35. The van der Waals surface area contributed by atoms with Gasteiger partial charge in [-0.05, 0) is 43.8 Å². The summed E-state index contributed by atoms with van der Waals surface area (Å²) in [6, 6.07) is 14.5. The van der Waals surface area contributed by atoms with E-state index in [1.165, 1.54) is 0 Å². The van der Waals surface area contributed by atoms with Gasteiger partial charge in [-0.15, -0.1) is 0 Å². The molecule has 3 N–H and O–H groups in total. The van der Waals surface area contributed by atoms with Gasteiger partial charge in [-0.2, -0.15) is 0 Å². The number of rotatable bonds is 8. The molecule has 2 aromatic carbocycles. The number of nitrogens with zero attached hydrogens (tertiary/aromatic N) is 1. The third-order valence-electron chi connectivity index (χ3n) is 4.15. The Hall–Kier alpha value is -3.39. The van der Waals surface area contributed by atoms with Gasteiger partial charge in [0.15, 0.2) is 0 Å². The molecule has 29 heavy (non-hydrogen) atoms. The fourth-order valence-corrected chi connectivity index (χ4v) is 2.82. The van der Waals surface area contributed by atoms with Crippen molar-refractivity contribution in [3.05, 3.63) is 60.2 Å². The number of methoxy groups -OCH3 is 1. The van der Waals surface area contributed by atoms with Crippen LogP contribution >= 0.6 is 0 Å². The van der Waals surface area contributed by atoms with Crippen LogP contribution in [-0.2, 0) is 9.59 Å². The fraction of sp³-hybridized carbons (Fsp3) is 0.286. The normalized spacial score (nSPS) is 11.4. The summed E-state index contributed by atoms with van der Waals surface area (Å²) in [6.07, 6.45) is 0. The number of anilines is 1. The predicted octanol–water partition coefficient (Wildman–Crippen LogP) is 2.15. The second kappa shape index (κ2) is 10.8. The molecule has 0 unspecified atom stereocenters. The number of carbonyl (C=O) groups excluding carboxylic acids is 3. The third kappa shape index (κ3) is 6.62. The van der Waals surface area contributed by atoms with Crippen molar-refractivity contribution in [2.24, 2.45) is 0 Å². The van der Waals surface area contributed by atoms with Crippen LogP contribution in [0.3, 0.4) is 0 Å². The number of benzene rings is 2. The van der Waals surface area contributed by atoms with Crippen LogP contribution in [0.4, 0.5) is 10.5 Å². The lowest BCUT2D eigenvalue weighted by atomic mass is 10.0. The van der Waals surface area contributed by atoms with Crippen molar-refractivity contribution in [3.63, 3.8) is 0 Å². The number of urea groups is 1. The first-order valence-corrected chi connectivity index (χ1v) is 9.22. The fourth-order valence-electron chi connectivity index (χ4n) is 2.82. The van der Waals surface area contributed by atoms with Gasteiger partial charge in [-0.25, -0.2) is 4.79 Å².